The number of methoxy groups -OCH3 is 1. The normalized spacial score (nSPS) is 10.5. The maximum absolute atomic E-state index is 12.3. The Morgan fingerprint density at radius 3 is 2.50 bits per heavy atom. The zero-order valence-electron chi connectivity index (χ0n) is 15.0. The number of carbonyl (C=O) groups excluding carboxylic acids is 1. The summed E-state index contributed by atoms with van der Waals surface area (Å²) in [5.74, 6) is 0.273. The number of rotatable bonds is 7. The van der Waals surface area contributed by atoms with Crippen LogP contribution < -0.4 is 4.74 Å². The number of esters is 1. The van der Waals surface area contributed by atoms with E-state index in [-0.39, 0.29) is 5.97 Å². The molecule has 0 amide bonds. The molecule has 0 aromatic heterocycles. The van der Waals surface area contributed by atoms with Gasteiger partial charge in [-0.1, -0.05) is 35.9 Å². The third-order valence-corrected chi connectivity index (χ3v) is 4.21. The van der Waals surface area contributed by atoms with Crippen molar-refractivity contribution in [3.8, 4) is 5.75 Å². The molecule has 0 saturated heterocycles. The topological polar surface area (TPSA) is 35.5 Å². The van der Waals surface area contributed by atoms with Crippen LogP contribution in [0.2, 0.25) is 0 Å². The molecule has 2 rings (SSSR count). The predicted molar refractivity (Wildman–Crippen MR) is 96.9 cm³/mol. The smallest absolute Gasteiger partial charge is 0.342 e. The molecule has 0 bridgehead atoms. The second kappa shape index (κ2) is 8.53. The van der Waals surface area contributed by atoms with E-state index in [1.54, 1.807) is 13.2 Å². The Balaban J connectivity index is 2.14. The number of hydrogen-bond acceptors (Lipinski definition) is 3. The van der Waals surface area contributed by atoms with E-state index in [0.29, 0.717) is 17.9 Å². The van der Waals surface area contributed by atoms with E-state index in [1.165, 1.54) is 16.7 Å². The molecule has 0 saturated carbocycles. The molecule has 3 heteroatoms. The van der Waals surface area contributed by atoms with Crippen LogP contribution in [-0.4, -0.2) is 19.7 Å². The lowest BCUT2D eigenvalue weighted by molar-refractivity contribution is 0.0521. The van der Waals surface area contributed by atoms with E-state index in [4.69, 9.17) is 9.47 Å². The quantitative estimate of drug-likeness (QED) is 0.694. The van der Waals surface area contributed by atoms with E-state index < -0.39 is 0 Å². The molecular formula is C21H26O3. The highest BCUT2D eigenvalue weighted by molar-refractivity contribution is 5.94. The van der Waals surface area contributed by atoms with Gasteiger partial charge in [0.1, 0.15) is 11.3 Å². The van der Waals surface area contributed by atoms with Crippen molar-refractivity contribution in [1.29, 1.82) is 0 Å². The molecule has 0 unspecified atom stereocenters. The lowest BCUT2D eigenvalue weighted by Crippen LogP contribution is -2.10. The third kappa shape index (κ3) is 4.38. The number of benzene rings is 2. The van der Waals surface area contributed by atoms with Crippen LogP contribution in [0.5, 0.6) is 5.75 Å². The van der Waals surface area contributed by atoms with Gasteiger partial charge in [0.15, 0.2) is 0 Å². The Hall–Kier alpha value is -2.29. The molecule has 0 N–H and O–H groups in total. The molecule has 128 valence electrons. The van der Waals surface area contributed by atoms with E-state index >= 15 is 0 Å². The first-order chi connectivity index (χ1) is 11.6. The molecule has 0 heterocycles. The van der Waals surface area contributed by atoms with Crippen molar-refractivity contribution >= 4 is 5.97 Å². The predicted octanol–water partition coefficient (Wildman–Crippen LogP) is 4.66. The summed E-state index contributed by atoms with van der Waals surface area (Å²) in [5, 5.41) is 0. The van der Waals surface area contributed by atoms with Gasteiger partial charge in [-0.05, 0) is 62.8 Å². The van der Waals surface area contributed by atoms with Crippen LogP contribution in [0.15, 0.2) is 36.4 Å². The summed E-state index contributed by atoms with van der Waals surface area (Å²) in [4.78, 5) is 12.3. The lowest BCUT2D eigenvalue weighted by atomic mass is 9.96. The van der Waals surface area contributed by atoms with Crippen molar-refractivity contribution in [1.82, 2.24) is 0 Å². The van der Waals surface area contributed by atoms with Gasteiger partial charge in [-0.2, -0.15) is 0 Å². The highest BCUT2D eigenvalue weighted by Gasteiger charge is 2.18. The minimum Gasteiger partial charge on any atom is -0.496 e. The van der Waals surface area contributed by atoms with Gasteiger partial charge in [0.2, 0.25) is 0 Å². The van der Waals surface area contributed by atoms with Gasteiger partial charge < -0.3 is 9.47 Å². The number of carbonyl (C=O) groups is 1. The van der Waals surface area contributed by atoms with Crippen LogP contribution in [0.4, 0.5) is 0 Å². The van der Waals surface area contributed by atoms with E-state index in [2.05, 4.69) is 32.0 Å². The van der Waals surface area contributed by atoms with Crippen molar-refractivity contribution in [2.45, 2.75) is 40.0 Å². The molecule has 0 radical (unpaired) electrons. The van der Waals surface area contributed by atoms with Gasteiger partial charge in [-0.3, -0.25) is 0 Å². The van der Waals surface area contributed by atoms with Gasteiger partial charge in [0.05, 0.1) is 13.7 Å². The fourth-order valence-electron chi connectivity index (χ4n) is 2.93. The first kappa shape index (κ1) is 18.1. The number of hydrogen-bond donors (Lipinski definition) is 0. The molecule has 0 aliphatic heterocycles. The maximum atomic E-state index is 12.3. The molecule has 0 aliphatic carbocycles. The Bertz CT molecular complexity index is 704. The largest absolute Gasteiger partial charge is 0.496 e. The summed E-state index contributed by atoms with van der Waals surface area (Å²) in [7, 11) is 1.58. The molecule has 3 nitrogen and oxygen atoms in total. The highest BCUT2D eigenvalue weighted by atomic mass is 16.5. The fraction of sp³-hybridized carbons (Fsp3) is 0.381. The molecule has 0 spiro atoms. The molecular weight excluding hydrogens is 300 g/mol. The molecule has 2 aromatic carbocycles. The lowest BCUT2D eigenvalue weighted by Gasteiger charge is -2.13. The summed E-state index contributed by atoms with van der Waals surface area (Å²) in [6.45, 7) is 6.43. The summed E-state index contributed by atoms with van der Waals surface area (Å²) in [5.41, 5.74) is 5.51. The molecule has 2 aromatic rings. The zero-order chi connectivity index (χ0) is 17.5. The maximum Gasteiger partial charge on any atom is 0.342 e. The van der Waals surface area contributed by atoms with Crippen LogP contribution in [0.3, 0.4) is 0 Å². The van der Waals surface area contributed by atoms with Crippen LogP contribution in [-0.2, 0) is 17.6 Å². The van der Waals surface area contributed by atoms with Gasteiger partial charge in [-0.15, -0.1) is 0 Å². The first-order valence-electron chi connectivity index (χ1n) is 8.46. The summed E-state index contributed by atoms with van der Waals surface area (Å²) >= 11 is 0. The molecule has 0 atom stereocenters. The molecule has 0 aliphatic rings. The van der Waals surface area contributed by atoms with Gasteiger partial charge >= 0.3 is 5.97 Å². The second-order valence-electron chi connectivity index (χ2n) is 6.00. The molecule has 24 heavy (non-hydrogen) atoms. The minimum atomic E-state index is -0.309. The van der Waals surface area contributed by atoms with E-state index in [0.717, 1.165) is 24.8 Å². The third-order valence-electron chi connectivity index (χ3n) is 4.21. The Morgan fingerprint density at radius 1 is 1.04 bits per heavy atom. The second-order valence-corrected chi connectivity index (χ2v) is 6.00. The average Bonchev–Trinajstić information content (AvgIpc) is 2.57. The zero-order valence-corrected chi connectivity index (χ0v) is 15.0. The van der Waals surface area contributed by atoms with Crippen molar-refractivity contribution in [3.05, 3.63) is 64.2 Å². The number of ether oxygens (including phenoxy) is 2. The van der Waals surface area contributed by atoms with Crippen LogP contribution in [0.1, 0.15) is 46.0 Å². The Labute approximate surface area is 144 Å². The van der Waals surface area contributed by atoms with Crippen molar-refractivity contribution in [3.63, 3.8) is 0 Å². The van der Waals surface area contributed by atoms with Crippen molar-refractivity contribution < 1.29 is 14.3 Å². The van der Waals surface area contributed by atoms with Gasteiger partial charge in [-0.25, -0.2) is 4.79 Å². The van der Waals surface area contributed by atoms with Gasteiger partial charge in [0.25, 0.3) is 0 Å². The molecule has 0 fully saturated rings. The standard InChI is InChI=1S/C21H26O3/c1-5-24-21(22)20-17(9-7-11-19(20)23-4)8-6-10-18-14-15(2)12-13-16(18)3/h7,9,11-14H,5-6,8,10H2,1-4H3. The summed E-state index contributed by atoms with van der Waals surface area (Å²) in [6, 6.07) is 12.3. The number of aryl methyl sites for hydroxylation is 4. The van der Waals surface area contributed by atoms with Crippen LogP contribution >= 0.6 is 0 Å². The van der Waals surface area contributed by atoms with E-state index in [1.807, 2.05) is 19.1 Å². The average molecular weight is 326 g/mol. The minimum absolute atomic E-state index is 0.309. The Morgan fingerprint density at radius 2 is 1.79 bits per heavy atom. The highest BCUT2D eigenvalue weighted by Crippen LogP contribution is 2.25. The summed E-state index contributed by atoms with van der Waals surface area (Å²) in [6.07, 6.45) is 2.79. The van der Waals surface area contributed by atoms with E-state index in [9.17, 15) is 4.79 Å². The monoisotopic (exact) mass is 326 g/mol. The van der Waals surface area contributed by atoms with Crippen molar-refractivity contribution in [2.24, 2.45) is 0 Å². The summed E-state index contributed by atoms with van der Waals surface area (Å²) < 4.78 is 10.5. The Kier molecular flexibility index (Phi) is 6.42. The first-order valence-corrected chi connectivity index (χ1v) is 8.46. The fourth-order valence-corrected chi connectivity index (χ4v) is 2.93. The van der Waals surface area contributed by atoms with Crippen LogP contribution in [0, 0.1) is 13.8 Å². The van der Waals surface area contributed by atoms with Crippen LogP contribution in [0.25, 0.3) is 0 Å². The SMILES string of the molecule is CCOC(=O)c1c(CCCc2cc(C)ccc2C)cccc1OC. The van der Waals surface area contributed by atoms with Gasteiger partial charge in [0, 0.05) is 0 Å². The van der Waals surface area contributed by atoms with Crippen molar-refractivity contribution in [2.75, 3.05) is 13.7 Å².